The molecule has 0 bridgehead atoms. The van der Waals surface area contributed by atoms with Crippen LogP contribution in [0.3, 0.4) is 0 Å². The normalized spacial score (nSPS) is 21.3. The fraction of sp³-hybridized carbons (Fsp3) is 0.0833. The molecule has 0 amide bonds. The Morgan fingerprint density at radius 2 is 2.20 bits per heavy atom. The van der Waals surface area contributed by atoms with Crippen molar-refractivity contribution in [3.63, 3.8) is 0 Å². The number of allylic oxidation sites excluding steroid dienone is 2. The van der Waals surface area contributed by atoms with E-state index in [9.17, 15) is 4.79 Å². The molecule has 0 fully saturated rings. The second kappa shape index (κ2) is 2.98. The molecule has 3 heteroatoms. The third kappa shape index (κ3) is 1.24. The average molecular weight is 200 g/mol. The first-order chi connectivity index (χ1) is 7.34. The Balaban J connectivity index is 2.26. The van der Waals surface area contributed by atoms with E-state index >= 15 is 0 Å². The van der Waals surface area contributed by atoms with Gasteiger partial charge in [0.25, 0.3) is 0 Å². The van der Waals surface area contributed by atoms with E-state index in [0.29, 0.717) is 5.76 Å². The lowest BCUT2D eigenvalue weighted by Crippen LogP contribution is -2.16. The van der Waals surface area contributed by atoms with E-state index in [2.05, 4.69) is 0 Å². The molecule has 0 radical (unpaired) electrons. The summed E-state index contributed by atoms with van der Waals surface area (Å²) in [6.45, 7) is 0. The molecule has 1 atom stereocenters. The molecule has 0 aromatic carbocycles. The van der Waals surface area contributed by atoms with Crippen LogP contribution in [0.5, 0.6) is 0 Å². The Labute approximate surface area is 86.0 Å². The van der Waals surface area contributed by atoms with E-state index in [1.54, 1.807) is 18.4 Å². The van der Waals surface area contributed by atoms with Gasteiger partial charge in [-0.3, -0.25) is 0 Å². The SMILES string of the molecule is O=c1ccc2c(o1)C1=CC=COC1C=C2. The molecule has 1 aromatic heterocycles. The summed E-state index contributed by atoms with van der Waals surface area (Å²) in [6.07, 6.45) is 9.04. The fourth-order valence-corrected chi connectivity index (χ4v) is 1.77. The maximum Gasteiger partial charge on any atom is 0.336 e. The quantitative estimate of drug-likeness (QED) is 0.642. The van der Waals surface area contributed by atoms with Gasteiger partial charge in [-0.05, 0) is 24.3 Å². The molecule has 1 aliphatic carbocycles. The van der Waals surface area contributed by atoms with Crippen molar-refractivity contribution in [3.05, 3.63) is 58.4 Å². The highest BCUT2D eigenvalue weighted by atomic mass is 16.5. The average Bonchev–Trinajstić information content (AvgIpc) is 2.29. The van der Waals surface area contributed by atoms with Crippen LogP contribution in [0.1, 0.15) is 11.3 Å². The van der Waals surface area contributed by atoms with Crippen LogP contribution in [0.15, 0.2) is 45.8 Å². The molecule has 0 saturated carbocycles. The molecule has 74 valence electrons. The lowest BCUT2D eigenvalue weighted by molar-refractivity contribution is 0.229. The first kappa shape index (κ1) is 8.29. The van der Waals surface area contributed by atoms with Crippen LogP contribution in [0.25, 0.3) is 11.6 Å². The minimum absolute atomic E-state index is 0.131. The van der Waals surface area contributed by atoms with Crippen molar-refractivity contribution in [2.75, 3.05) is 0 Å². The van der Waals surface area contributed by atoms with Crippen LogP contribution in [0.4, 0.5) is 0 Å². The second-order valence-corrected chi connectivity index (χ2v) is 3.41. The second-order valence-electron chi connectivity index (χ2n) is 3.41. The van der Waals surface area contributed by atoms with Crippen molar-refractivity contribution in [1.29, 1.82) is 0 Å². The highest BCUT2D eigenvalue weighted by Crippen LogP contribution is 2.31. The smallest absolute Gasteiger partial charge is 0.336 e. The van der Waals surface area contributed by atoms with Crippen molar-refractivity contribution in [2.24, 2.45) is 0 Å². The molecule has 1 aromatic rings. The Morgan fingerprint density at radius 1 is 1.27 bits per heavy atom. The van der Waals surface area contributed by atoms with Gasteiger partial charge in [-0.2, -0.15) is 0 Å². The summed E-state index contributed by atoms with van der Waals surface area (Å²) in [5.74, 6) is 0.611. The summed E-state index contributed by atoms with van der Waals surface area (Å²) >= 11 is 0. The van der Waals surface area contributed by atoms with Gasteiger partial charge in [0.2, 0.25) is 0 Å². The van der Waals surface area contributed by atoms with Crippen LogP contribution < -0.4 is 5.63 Å². The van der Waals surface area contributed by atoms with Gasteiger partial charge < -0.3 is 9.15 Å². The summed E-state index contributed by atoms with van der Waals surface area (Å²) in [6, 6.07) is 3.18. The zero-order valence-electron chi connectivity index (χ0n) is 7.84. The predicted molar refractivity (Wildman–Crippen MR) is 56.0 cm³/mol. The lowest BCUT2D eigenvalue weighted by Gasteiger charge is -2.22. The molecule has 0 N–H and O–H groups in total. The van der Waals surface area contributed by atoms with Crippen LogP contribution in [-0.2, 0) is 4.74 Å². The number of hydrogen-bond donors (Lipinski definition) is 0. The van der Waals surface area contributed by atoms with E-state index in [4.69, 9.17) is 9.15 Å². The van der Waals surface area contributed by atoms with Gasteiger partial charge in [-0.15, -0.1) is 0 Å². The zero-order valence-corrected chi connectivity index (χ0v) is 7.84. The minimum Gasteiger partial charge on any atom is -0.489 e. The molecular weight excluding hydrogens is 192 g/mol. The Bertz CT molecular complexity index is 546. The molecule has 1 aliphatic heterocycles. The number of rotatable bonds is 0. The van der Waals surface area contributed by atoms with Gasteiger partial charge in [0, 0.05) is 17.2 Å². The summed E-state index contributed by atoms with van der Waals surface area (Å²) in [7, 11) is 0. The molecule has 2 aliphatic rings. The monoisotopic (exact) mass is 200 g/mol. The summed E-state index contributed by atoms with van der Waals surface area (Å²) in [5, 5.41) is 0. The van der Waals surface area contributed by atoms with Crippen molar-refractivity contribution in [2.45, 2.75) is 6.10 Å². The standard InChI is InChI=1S/C12H8O3/c13-11-6-4-8-3-5-10-9(12(8)15-11)2-1-7-14-10/h1-7,10H. The maximum atomic E-state index is 11.1. The Morgan fingerprint density at radius 3 is 3.13 bits per heavy atom. The topological polar surface area (TPSA) is 39.4 Å². The van der Waals surface area contributed by atoms with E-state index in [-0.39, 0.29) is 11.7 Å². The van der Waals surface area contributed by atoms with E-state index in [1.165, 1.54) is 6.07 Å². The Kier molecular flexibility index (Phi) is 1.65. The molecule has 0 spiro atoms. The minimum atomic E-state index is -0.335. The van der Waals surface area contributed by atoms with Gasteiger partial charge in [0.05, 0.1) is 6.26 Å². The molecule has 1 unspecified atom stereocenters. The van der Waals surface area contributed by atoms with Crippen molar-refractivity contribution >= 4 is 11.6 Å². The number of ether oxygens (including phenoxy) is 1. The van der Waals surface area contributed by atoms with Gasteiger partial charge in [0.15, 0.2) is 0 Å². The predicted octanol–water partition coefficient (Wildman–Crippen LogP) is 1.96. The van der Waals surface area contributed by atoms with E-state index in [0.717, 1.165) is 11.1 Å². The van der Waals surface area contributed by atoms with Gasteiger partial charge in [-0.25, -0.2) is 4.79 Å². The highest BCUT2D eigenvalue weighted by molar-refractivity contribution is 5.80. The largest absolute Gasteiger partial charge is 0.489 e. The van der Waals surface area contributed by atoms with Gasteiger partial charge in [-0.1, -0.05) is 6.08 Å². The lowest BCUT2D eigenvalue weighted by atomic mass is 9.95. The molecule has 0 saturated heterocycles. The number of fused-ring (bicyclic) bond motifs is 3. The highest BCUT2D eigenvalue weighted by Gasteiger charge is 2.23. The molecule has 3 rings (SSSR count). The molecule has 3 nitrogen and oxygen atoms in total. The maximum absolute atomic E-state index is 11.1. The van der Waals surface area contributed by atoms with Crippen molar-refractivity contribution < 1.29 is 9.15 Å². The Hall–Kier alpha value is -2.03. The molecule has 2 heterocycles. The van der Waals surface area contributed by atoms with Crippen LogP contribution in [-0.4, -0.2) is 6.10 Å². The first-order valence-electron chi connectivity index (χ1n) is 4.69. The van der Waals surface area contributed by atoms with Crippen LogP contribution in [0, 0.1) is 0 Å². The number of hydrogen-bond acceptors (Lipinski definition) is 3. The third-order valence-corrected chi connectivity index (χ3v) is 2.46. The fourth-order valence-electron chi connectivity index (χ4n) is 1.77. The van der Waals surface area contributed by atoms with Crippen LogP contribution in [0.2, 0.25) is 0 Å². The molecular formula is C12H8O3. The van der Waals surface area contributed by atoms with Crippen molar-refractivity contribution in [3.8, 4) is 0 Å². The summed E-state index contributed by atoms with van der Waals surface area (Å²) < 4.78 is 10.6. The van der Waals surface area contributed by atoms with E-state index in [1.807, 2.05) is 18.2 Å². The first-order valence-corrected chi connectivity index (χ1v) is 4.69. The molecule has 15 heavy (non-hydrogen) atoms. The third-order valence-electron chi connectivity index (χ3n) is 2.46. The van der Waals surface area contributed by atoms with Crippen molar-refractivity contribution in [1.82, 2.24) is 0 Å². The van der Waals surface area contributed by atoms with Crippen LogP contribution >= 0.6 is 0 Å². The summed E-state index contributed by atoms with van der Waals surface area (Å²) in [4.78, 5) is 11.1. The zero-order chi connectivity index (χ0) is 10.3. The van der Waals surface area contributed by atoms with E-state index < -0.39 is 0 Å². The van der Waals surface area contributed by atoms with Gasteiger partial charge in [0.1, 0.15) is 11.9 Å². The summed E-state index contributed by atoms with van der Waals surface area (Å²) in [5.41, 5.74) is 1.47. The van der Waals surface area contributed by atoms with Gasteiger partial charge >= 0.3 is 5.63 Å².